The van der Waals surface area contributed by atoms with Gasteiger partial charge in [0.25, 0.3) is 0 Å². The van der Waals surface area contributed by atoms with Crippen molar-refractivity contribution in [2.45, 2.75) is 20.8 Å². The maximum absolute atomic E-state index is 5.97. The first-order valence-electron chi connectivity index (χ1n) is 5.64. The topological polar surface area (TPSA) is 48.1 Å². The van der Waals surface area contributed by atoms with Crippen molar-refractivity contribution < 1.29 is 4.74 Å². The lowest BCUT2D eigenvalue weighted by Crippen LogP contribution is -1.98. The minimum atomic E-state index is 0.518. The number of aryl methyl sites for hydroxylation is 2. The number of nitrogen functional groups attached to an aromatic ring is 1. The summed E-state index contributed by atoms with van der Waals surface area (Å²) in [4.78, 5) is 4.00. The van der Waals surface area contributed by atoms with Gasteiger partial charge in [-0.1, -0.05) is 12.1 Å². The van der Waals surface area contributed by atoms with Gasteiger partial charge in [-0.15, -0.1) is 0 Å². The van der Waals surface area contributed by atoms with Gasteiger partial charge in [0.2, 0.25) is 0 Å². The molecule has 2 N–H and O–H groups in total. The fraction of sp³-hybridized carbons (Fsp3) is 0.214. The first kappa shape index (κ1) is 12.9. The number of nitrogens with zero attached hydrogens (tertiary/aromatic N) is 1. The Morgan fingerprint density at radius 3 is 2.39 bits per heavy atom. The Hall–Kier alpha value is -1.55. The molecule has 1 heterocycles. The normalized spacial score (nSPS) is 10.4. The zero-order valence-electron chi connectivity index (χ0n) is 10.6. The minimum absolute atomic E-state index is 0.518. The van der Waals surface area contributed by atoms with Crippen LogP contribution in [0.1, 0.15) is 16.7 Å². The van der Waals surface area contributed by atoms with Gasteiger partial charge in [0.05, 0.1) is 16.4 Å². The lowest BCUT2D eigenvalue weighted by atomic mass is 10.1. The van der Waals surface area contributed by atoms with Crippen molar-refractivity contribution in [3.8, 4) is 11.5 Å². The molecule has 0 radical (unpaired) electrons. The molecule has 2 aromatic rings. The van der Waals surface area contributed by atoms with Gasteiger partial charge in [-0.3, -0.25) is 4.98 Å². The van der Waals surface area contributed by atoms with Gasteiger partial charge in [-0.25, -0.2) is 0 Å². The Morgan fingerprint density at radius 2 is 1.72 bits per heavy atom. The van der Waals surface area contributed by atoms with Gasteiger partial charge in [0.15, 0.2) is 5.75 Å². The first-order valence-corrected chi connectivity index (χ1v) is 6.43. The van der Waals surface area contributed by atoms with Gasteiger partial charge in [0.1, 0.15) is 5.75 Å². The van der Waals surface area contributed by atoms with Crippen LogP contribution in [0.3, 0.4) is 0 Å². The Labute approximate surface area is 115 Å². The molecule has 0 fully saturated rings. The molecule has 0 unspecified atom stereocenters. The fourth-order valence-electron chi connectivity index (χ4n) is 1.73. The highest BCUT2D eigenvalue weighted by atomic mass is 79.9. The molecule has 0 spiro atoms. The van der Waals surface area contributed by atoms with Crippen molar-refractivity contribution in [1.29, 1.82) is 0 Å². The molecule has 0 saturated heterocycles. The number of hydrogen-bond donors (Lipinski definition) is 1. The maximum atomic E-state index is 5.97. The smallest absolute Gasteiger partial charge is 0.167 e. The number of anilines is 1. The second-order valence-corrected chi connectivity index (χ2v) is 5.15. The molecule has 94 valence electrons. The molecule has 0 atom stereocenters. The summed E-state index contributed by atoms with van der Waals surface area (Å²) < 4.78 is 6.72. The predicted molar refractivity (Wildman–Crippen MR) is 77.1 cm³/mol. The predicted octanol–water partition coefficient (Wildman–Crippen LogP) is 4.14. The van der Waals surface area contributed by atoms with Crippen molar-refractivity contribution >= 4 is 21.6 Å². The van der Waals surface area contributed by atoms with Crippen molar-refractivity contribution in [3.63, 3.8) is 0 Å². The molecule has 18 heavy (non-hydrogen) atoms. The highest BCUT2D eigenvalue weighted by Gasteiger charge is 2.12. The molecular weight excluding hydrogens is 292 g/mol. The van der Waals surface area contributed by atoms with Crippen LogP contribution in [0.15, 0.2) is 29.0 Å². The van der Waals surface area contributed by atoms with E-state index >= 15 is 0 Å². The monoisotopic (exact) mass is 306 g/mol. The van der Waals surface area contributed by atoms with Gasteiger partial charge < -0.3 is 10.5 Å². The van der Waals surface area contributed by atoms with E-state index in [-0.39, 0.29) is 0 Å². The summed E-state index contributed by atoms with van der Waals surface area (Å²) in [6.45, 7) is 6.13. The molecule has 0 aliphatic rings. The van der Waals surface area contributed by atoms with Crippen molar-refractivity contribution in [3.05, 3.63) is 45.7 Å². The zero-order valence-corrected chi connectivity index (χ0v) is 12.2. The molecule has 0 bridgehead atoms. The van der Waals surface area contributed by atoms with Gasteiger partial charge >= 0.3 is 0 Å². The third-order valence-electron chi connectivity index (χ3n) is 2.96. The molecule has 0 aliphatic carbocycles. The minimum Gasteiger partial charge on any atom is -0.453 e. The standard InChI is InChI=1S/C14H15BrN2O/c1-8-4-5-9(2)13(10(8)3)18-14-11(15)6-17-7-12(14)16/h4-7H,16H2,1-3H3. The number of rotatable bonds is 2. The third-order valence-corrected chi connectivity index (χ3v) is 3.52. The van der Waals surface area contributed by atoms with E-state index in [9.17, 15) is 0 Å². The summed E-state index contributed by atoms with van der Waals surface area (Å²) in [5, 5.41) is 0. The van der Waals surface area contributed by atoms with E-state index in [1.54, 1.807) is 12.4 Å². The van der Waals surface area contributed by atoms with Crippen LogP contribution in [0, 0.1) is 20.8 Å². The average Bonchev–Trinajstić information content (AvgIpc) is 2.33. The number of pyridine rings is 1. The Balaban J connectivity index is 2.50. The lowest BCUT2D eigenvalue weighted by Gasteiger charge is -2.15. The van der Waals surface area contributed by atoms with E-state index in [0.29, 0.717) is 11.4 Å². The van der Waals surface area contributed by atoms with Crippen LogP contribution in [0.4, 0.5) is 5.69 Å². The second kappa shape index (κ2) is 4.98. The Morgan fingerprint density at radius 1 is 1.06 bits per heavy atom. The second-order valence-electron chi connectivity index (χ2n) is 4.30. The number of nitrogens with two attached hydrogens (primary N) is 1. The van der Waals surface area contributed by atoms with Crippen LogP contribution in [-0.4, -0.2) is 4.98 Å². The Bertz CT molecular complexity index is 576. The fourth-order valence-corrected chi connectivity index (χ4v) is 2.16. The zero-order chi connectivity index (χ0) is 13.3. The van der Waals surface area contributed by atoms with E-state index in [1.807, 2.05) is 19.9 Å². The van der Waals surface area contributed by atoms with Crippen LogP contribution >= 0.6 is 15.9 Å². The van der Waals surface area contributed by atoms with Crippen molar-refractivity contribution in [2.75, 3.05) is 5.73 Å². The molecule has 1 aromatic carbocycles. The number of hydrogen-bond acceptors (Lipinski definition) is 3. The van der Waals surface area contributed by atoms with E-state index < -0.39 is 0 Å². The summed E-state index contributed by atoms with van der Waals surface area (Å²) in [7, 11) is 0. The lowest BCUT2D eigenvalue weighted by molar-refractivity contribution is 0.473. The quantitative estimate of drug-likeness (QED) is 0.907. The van der Waals surface area contributed by atoms with Crippen LogP contribution in [-0.2, 0) is 0 Å². The summed E-state index contributed by atoms with van der Waals surface area (Å²) in [6.07, 6.45) is 3.26. The van der Waals surface area contributed by atoms with Crippen molar-refractivity contribution in [2.24, 2.45) is 0 Å². The summed E-state index contributed by atoms with van der Waals surface area (Å²) >= 11 is 3.40. The van der Waals surface area contributed by atoms with Gasteiger partial charge in [-0.05, 0) is 53.4 Å². The van der Waals surface area contributed by atoms with Crippen LogP contribution in [0.5, 0.6) is 11.5 Å². The summed E-state index contributed by atoms with van der Waals surface area (Å²) in [6, 6.07) is 4.13. The highest BCUT2D eigenvalue weighted by Crippen LogP contribution is 2.37. The number of aromatic nitrogens is 1. The first-order chi connectivity index (χ1) is 8.50. The number of ether oxygens (including phenoxy) is 1. The number of benzene rings is 1. The molecule has 0 saturated carbocycles. The third kappa shape index (κ3) is 2.34. The van der Waals surface area contributed by atoms with Gasteiger partial charge in [-0.2, -0.15) is 0 Å². The van der Waals surface area contributed by atoms with E-state index in [2.05, 4.69) is 33.9 Å². The van der Waals surface area contributed by atoms with E-state index in [4.69, 9.17) is 10.5 Å². The average molecular weight is 307 g/mol. The largest absolute Gasteiger partial charge is 0.453 e. The highest BCUT2D eigenvalue weighted by molar-refractivity contribution is 9.10. The number of halogens is 1. The SMILES string of the molecule is Cc1ccc(C)c(Oc2c(N)cncc2Br)c1C. The molecule has 4 heteroatoms. The van der Waals surface area contributed by atoms with E-state index in [1.165, 1.54) is 5.56 Å². The Kier molecular flexibility index (Phi) is 3.57. The molecule has 2 rings (SSSR count). The maximum Gasteiger partial charge on any atom is 0.167 e. The van der Waals surface area contributed by atoms with Crippen molar-refractivity contribution in [1.82, 2.24) is 4.98 Å². The van der Waals surface area contributed by atoms with Crippen LogP contribution in [0.2, 0.25) is 0 Å². The van der Waals surface area contributed by atoms with Gasteiger partial charge in [0, 0.05) is 6.20 Å². The van der Waals surface area contributed by atoms with Crippen LogP contribution in [0.25, 0.3) is 0 Å². The molecular formula is C14H15BrN2O. The summed E-state index contributed by atoms with van der Waals surface area (Å²) in [5.41, 5.74) is 9.81. The molecule has 1 aromatic heterocycles. The van der Waals surface area contributed by atoms with Crippen LogP contribution < -0.4 is 10.5 Å². The van der Waals surface area contributed by atoms with E-state index in [0.717, 1.165) is 21.3 Å². The molecule has 3 nitrogen and oxygen atoms in total. The molecule has 0 aliphatic heterocycles. The summed E-state index contributed by atoms with van der Waals surface area (Å²) in [5.74, 6) is 1.47. The molecule has 0 amide bonds.